The van der Waals surface area contributed by atoms with Crippen LogP contribution in [0.3, 0.4) is 0 Å². The van der Waals surface area contributed by atoms with Crippen LogP contribution < -0.4 is 5.32 Å². The monoisotopic (exact) mass is 293 g/mol. The number of hydrogen-bond acceptors (Lipinski definition) is 3. The van der Waals surface area contributed by atoms with E-state index in [1.54, 1.807) is 12.1 Å². The van der Waals surface area contributed by atoms with Gasteiger partial charge in [0.2, 0.25) is 0 Å². The average molecular weight is 293 g/mol. The van der Waals surface area contributed by atoms with E-state index in [9.17, 15) is 10.1 Å². The number of nitrogens with zero attached hydrogens (tertiary/aromatic N) is 2. The number of rotatable bonds is 3. The number of nitro groups is 1. The van der Waals surface area contributed by atoms with E-state index in [4.69, 9.17) is 12.2 Å². The first-order chi connectivity index (χ1) is 9.61. The number of benzene rings is 1. The third-order valence-electron chi connectivity index (χ3n) is 3.69. The first kappa shape index (κ1) is 14.7. The topological polar surface area (TPSA) is 58.4 Å². The fraction of sp³-hybridized carbons (Fsp3) is 0.500. The van der Waals surface area contributed by atoms with Gasteiger partial charge in [0, 0.05) is 30.4 Å². The molecule has 0 spiro atoms. The van der Waals surface area contributed by atoms with Crippen molar-refractivity contribution in [1.29, 1.82) is 0 Å². The highest BCUT2D eigenvalue weighted by molar-refractivity contribution is 7.80. The standard InChI is InChI=1S/C14H19N3O2S/c1-2-12-5-3-4-10-16(12)14(20)15-11-6-8-13(9-7-11)17(18)19/h6-9,12H,2-5,10H2,1H3,(H,15,20)/t12-/m0/s1. The van der Waals surface area contributed by atoms with Crippen molar-refractivity contribution >= 4 is 28.7 Å². The first-order valence-electron chi connectivity index (χ1n) is 6.94. The van der Waals surface area contributed by atoms with Gasteiger partial charge in [0.25, 0.3) is 5.69 Å². The molecule has 1 saturated heterocycles. The number of non-ortho nitro benzene ring substituents is 1. The minimum atomic E-state index is -0.403. The van der Waals surface area contributed by atoms with Gasteiger partial charge in [0.05, 0.1) is 4.92 Å². The van der Waals surface area contributed by atoms with Crippen molar-refractivity contribution < 1.29 is 4.92 Å². The lowest BCUT2D eigenvalue weighted by atomic mass is 10.0. The van der Waals surface area contributed by atoms with Gasteiger partial charge in [-0.3, -0.25) is 10.1 Å². The van der Waals surface area contributed by atoms with Gasteiger partial charge in [-0.05, 0) is 50.0 Å². The van der Waals surface area contributed by atoms with E-state index in [1.807, 2.05) is 0 Å². The SMILES string of the molecule is CC[C@H]1CCCCN1C(=S)Nc1ccc([N+](=O)[O-])cc1. The third kappa shape index (κ3) is 3.45. The fourth-order valence-corrected chi connectivity index (χ4v) is 2.91. The number of piperidine rings is 1. The number of nitro benzene ring substituents is 1. The van der Waals surface area contributed by atoms with E-state index in [1.165, 1.54) is 31.4 Å². The smallest absolute Gasteiger partial charge is 0.269 e. The Morgan fingerprint density at radius 2 is 2.15 bits per heavy atom. The summed E-state index contributed by atoms with van der Waals surface area (Å²) in [5, 5.41) is 14.5. The van der Waals surface area contributed by atoms with Crippen LogP contribution in [-0.4, -0.2) is 27.5 Å². The summed E-state index contributed by atoms with van der Waals surface area (Å²) in [7, 11) is 0. The summed E-state index contributed by atoms with van der Waals surface area (Å²) in [6.07, 6.45) is 4.69. The molecule has 108 valence electrons. The maximum absolute atomic E-state index is 10.6. The Labute approximate surface area is 124 Å². The Kier molecular flexibility index (Phi) is 4.89. The molecule has 6 heteroatoms. The van der Waals surface area contributed by atoms with Crippen LogP contribution in [0.4, 0.5) is 11.4 Å². The zero-order valence-corrected chi connectivity index (χ0v) is 12.4. The molecule has 0 saturated carbocycles. The molecule has 20 heavy (non-hydrogen) atoms. The Hall–Kier alpha value is -1.69. The predicted octanol–water partition coefficient (Wildman–Crippen LogP) is 3.56. The van der Waals surface area contributed by atoms with Crippen LogP contribution in [0.5, 0.6) is 0 Å². The lowest BCUT2D eigenvalue weighted by Crippen LogP contribution is -2.45. The van der Waals surface area contributed by atoms with E-state index < -0.39 is 4.92 Å². The molecule has 1 atom stereocenters. The zero-order valence-electron chi connectivity index (χ0n) is 11.5. The average Bonchev–Trinajstić information content (AvgIpc) is 2.47. The minimum absolute atomic E-state index is 0.0888. The van der Waals surface area contributed by atoms with Gasteiger partial charge in [-0.15, -0.1) is 0 Å². The van der Waals surface area contributed by atoms with Crippen LogP contribution in [0, 0.1) is 10.1 Å². The molecule has 2 rings (SSSR count). The van der Waals surface area contributed by atoms with E-state index in [2.05, 4.69) is 17.1 Å². The van der Waals surface area contributed by atoms with Crippen molar-refractivity contribution in [1.82, 2.24) is 4.90 Å². The van der Waals surface area contributed by atoms with E-state index >= 15 is 0 Å². The molecular formula is C14H19N3O2S. The molecule has 1 aromatic carbocycles. The lowest BCUT2D eigenvalue weighted by Gasteiger charge is -2.37. The molecule has 1 aliphatic rings. The number of thiocarbonyl (C=S) groups is 1. The summed E-state index contributed by atoms with van der Waals surface area (Å²) in [5.41, 5.74) is 0.881. The van der Waals surface area contributed by atoms with Crippen molar-refractivity contribution in [3.8, 4) is 0 Å². The molecule has 5 nitrogen and oxygen atoms in total. The largest absolute Gasteiger partial charge is 0.346 e. The Morgan fingerprint density at radius 3 is 2.75 bits per heavy atom. The molecular weight excluding hydrogens is 274 g/mol. The highest BCUT2D eigenvalue weighted by atomic mass is 32.1. The third-order valence-corrected chi connectivity index (χ3v) is 4.03. The first-order valence-corrected chi connectivity index (χ1v) is 7.34. The van der Waals surface area contributed by atoms with Crippen LogP contribution in [0.1, 0.15) is 32.6 Å². The van der Waals surface area contributed by atoms with Gasteiger partial charge >= 0.3 is 0 Å². The molecule has 0 amide bonds. The Balaban J connectivity index is 2.01. The minimum Gasteiger partial charge on any atom is -0.346 e. The van der Waals surface area contributed by atoms with Crippen LogP contribution in [-0.2, 0) is 0 Å². The van der Waals surface area contributed by atoms with Crippen molar-refractivity contribution in [2.75, 3.05) is 11.9 Å². The fourth-order valence-electron chi connectivity index (χ4n) is 2.55. The summed E-state index contributed by atoms with van der Waals surface area (Å²) in [6, 6.07) is 6.85. The highest BCUT2D eigenvalue weighted by Gasteiger charge is 2.22. The summed E-state index contributed by atoms with van der Waals surface area (Å²) < 4.78 is 0. The van der Waals surface area contributed by atoms with Gasteiger partial charge < -0.3 is 10.2 Å². The number of hydrogen-bond donors (Lipinski definition) is 1. The lowest BCUT2D eigenvalue weighted by molar-refractivity contribution is -0.384. The second-order valence-corrected chi connectivity index (χ2v) is 5.37. The van der Waals surface area contributed by atoms with Crippen LogP contribution in [0.25, 0.3) is 0 Å². The molecule has 1 fully saturated rings. The molecule has 1 heterocycles. The maximum Gasteiger partial charge on any atom is 0.269 e. The van der Waals surface area contributed by atoms with Crippen molar-refractivity contribution in [2.45, 2.75) is 38.6 Å². The maximum atomic E-state index is 10.6. The van der Waals surface area contributed by atoms with Crippen molar-refractivity contribution in [2.24, 2.45) is 0 Å². The van der Waals surface area contributed by atoms with E-state index in [0.717, 1.165) is 18.7 Å². The zero-order chi connectivity index (χ0) is 14.5. The number of nitrogens with one attached hydrogen (secondary N) is 1. The molecule has 1 aromatic rings. The summed E-state index contributed by atoms with van der Waals surface area (Å²) in [4.78, 5) is 12.4. The molecule has 0 aliphatic carbocycles. The molecule has 1 aliphatic heterocycles. The van der Waals surface area contributed by atoms with Crippen LogP contribution in [0.2, 0.25) is 0 Å². The quantitative estimate of drug-likeness (QED) is 0.524. The van der Waals surface area contributed by atoms with E-state index in [-0.39, 0.29) is 5.69 Å². The molecule has 0 bridgehead atoms. The second-order valence-electron chi connectivity index (χ2n) is 4.99. The molecule has 1 N–H and O–H groups in total. The van der Waals surface area contributed by atoms with Crippen molar-refractivity contribution in [3.63, 3.8) is 0 Å². The van der Waals surface area contributed by atoms with Gasteiger partial charge in [-0.25, -0.2) is 0 Å². The molecule has 0 unspecified atom stereocenters. The predicted molar refractivity (Wildman–Crippen MR) is 84.0 cm³/mol. The van der Waals surface area contributed by atoms with Crippen LogP contribution in [0.15, 0.2) is 24.3 Å². The number of likely N-dealkylation sites (tertiary alicyclic amines) is 1. The molecule has 0 aromatic heterocycles. The Morgan fingerprint density at radius 1 is 1.45 bits per heavy atom. The van der Waals surface area contributed by atoms with Gasteiger partial charge in [0.1, 0.15) is 0 Å². The normalized spacial score (nSPS) is 18.6. The second kappa shape index (κ2) is 6.65. The van der Waals surface area contributed by atoms with Gasteiger partial charge in [0.15, 0.2) is 5.11 Å². The number of anilines is 1. The van der Waals surface area contributed by atoms with Gasteiger partial charge in [-0.1, -0.05) is 6.92 Å². The van der Waals surface area contributed by atoms with Gasteiger partial charge in [-0.2, -0.15) is 0 Å². The Bertz CT molecular complexity index is 490. The van der Waals surface area contributed by atoms with Crippen molar-refractivity contribution in [3.05, 3.63) is 34.4 Å². The highest BCUT2D eigenvalue weighted by Crippen LogP contribution is 2.21. The van der Waals surface area contributed by atoms with Crippen LogP contribution >= 0.6 is 12.2 Å². The van der Waals surface area contributed by atoms with E-state index in [0.29, 0.717) is 11.2 Å². The summed E-state index contributed by atoms with van der Waals surface area (Å²) in [5.74, 6) is 0. The molecule has 0 radical (unpaired) electrons. The summed E-state index contributed by atoms with van der Waals surface area (Å²) in [6.45, 7) is 3.16. The summed E-state index contributed by atoms with van der Waals surface area (Å²) >= 11 is 5.46.